The first-order chi connectivity index (χ1) is 50.5. The smallest absolute Gasteiger partial charge is 0.319 e. The Morgan fingerprint density at radius 1 is 0.264 bits per heavy atom. The lowest BCUT2D eigenvalue weighted by Crippen LogP contribution is -2.45. The van der Waals surface area contributed by atoms with E-state index in [1.54, 1.807) is 9.80 Å². The van der Waals surface area contributed by atoms with Crippen LogP contribution in [0, 0.1) is 86.6 Å². The van der Waals surface area contributed by atoms with Crippen LogP contribution in [0.5, 0.6) is 0 Å². The van der Waals surface area contributed by atoms with Crippen molar-refractivity contribution in [2.75, 3.05) is 58.9 Å². The molecule has 0 radical (unpaired) electrons. The van der Waals surface area contributed by atoms with E-state index >= 15 is 0 Å². The molecule has 1 N–H and O–H groups in total. The maximum absolute atomic E-state index is 12.1. The number of hydrogen-bond acceptors (Lipinski definition) is 9. The minimum atomic E-state index is -2.85. The molecular formula is C112H250N4O7S2. The summed E-state index contributed by atoms with van der Waals surface area (Å²) >= 11 is 5.39. The highest BCUT2D eigenvalue weighted by molar-refractivity contribution is 7.91. The second-order valence-corrected chi connectivity index (χ2v) is 56.7. The summed E-state index contributed by atoms with van der Waals surface area (Å²) < 4.78 is 29.0. The number of urea groups is 1. The van der Waals surface area contributed by atoms with Crippen LogP contribution < -0.4 is 0 Å². The first-order valence-corrected chi connectivity index (χ1v) is 47.9. The minimum absolute atomic E-state index is 0. The van der Waals surface area contributed by atoms with E-state index in [4.69, 9.17) is 22.4 Å². The Bertz CT molecular complexity index is 2470. The first-order valence-electron chi connectivity index (χ1n) is 45.6. The lowest BCUT2D eigenvalue weighted by molar-refractivity contribution is -0.131. The fourth-order valence-corrected chi connectivity index (χ4v) is 12.7. The minimum Gasteiger partial charge on any atom is -0.375 e. The van der Waals surface area contributed by atoms with Crippen molar-refractivity contribution in [1.82, 2.24) is 14.7 Å². The Hall–Kier alpha value is -2.25. The lowest BCUT2D eigenvalue weighted by atomic mass is 9.86. The molecule has 0 aromatic rings. The molecule has 0 aliphatic heterocycles. The van der Waals surface area contributed by atoms with Gasteiger partial charge in [-0.3, -0.25) is 14.4 Å². The van der Waals surface area contributed by atoms with Crippen LogP contribution in [0.4, 0.5) is 4.79 Å². The molecule has 0 rings (SSSR count). The van der Waals surface area contributed by atoms with Gasteiger partial charge in [-0.05, 0) is 210 Å². The van der Waals surface area contributed by atoms with Gasteiger partial charge >= 0.3 is 6.03 Å². The Morgan fingerprint density at radius 2 is 0.464 bits per heavy atom. The summed E-state index contributed by atoms with van der Waals surface area (Å²) in [6.45, 7) is 108. The van der Waals surface area contributed by atoms with Gasteiger partial charge in [-0.25, -0.2) is 13.2 Å². The third-order valence-electron chi connectivity index (χ3n) is 18.0. The summed E-state index contributed by atoms with van der Waals surface area (Å²) in [6.07, 6.45) is 24.7. The van der Waals surface area contributed by atoms with Crippen molar-refractivity contribution in [2.45, 2.75) is 559 Å². The number of ether oxygens (including phenoxy) is 1. The number of nitrogens with one attached hydrogen (secondary N) is 1. The fraction of sp³-hybridized carbons (Fsp3) is 0.946. The normalized spacial score (nSPS) is 12.2. The molecule has 125 heavy (non-hydrogen) atoms. The molecule has 0 fully saturated rings. The average molecular weight is 1830 g/mol. The highest BCUT2D eigenvalue weighted by Crippen LogP contribution is 2.32. The maximum atomic E-state index is 12.1. The van der Waals surface area contributed by atoms with Crippen molar-refractivity contribution in [3.05, 3.63) is 0 Å². The number of nitrogens with zero attached hydrogens (tertiary/aromatic N) is 3. The van der Waals surface area contributed by atoms with Gasteiger partial charge in [-0.15, -0.1) is 0 Å². The molecule has 3 amide bonds. The van der Waals surface area contributed by atoms with Crippen molar-refractivity contribution < 1.29 is 32.3 Å². The van der Waals surface area contributed by atoms with Gasteiger partial charge in [-0.2, -0.15) is 0 Å². The number of Topliss-reactive ketones (excluding diaryl/α,β-unsaturated/α-hetero) is 2. The van der Waals surface area contributed by atoms with Crippen LogP contribution in [0.15, 0.2) is 0 Å². The lowest BCUT2D eigenvalue weighted by Gasteiger charge is -2.33. The zero-order valence-electron chi connectivity index (χ0n) is 88.7. The van der Waals surface area contributed by atoms with Crippen LogP contribution in [0.2, 0.25) is 0 Å². The largest absolute Gasteiger partial charge is 0.375 e. The second kappa shape index (κ2) is 71.3. The number of sulfone groups is 1. The molecule has 0 spiro atoms. The molecule has 11 nitrogen and oxygen atoms in total. The summed E-state index contributed by atoms with van der Waals surface area (Å²) in [6, 6.07) is 0.102. The van der Waals surface area contributed by atoms with Gasteiger partial charge in [0.25, 0.3) is 0 Å². The van der Waals surface area contributed by atoms with Crippen molar-refractivity contribution >= 4 is 56.1 Å². The number of hydrogen-bond donors (Lipinski definition) is 1. The molecular weight excluding hydrogens is 1580 g/mol. The molecule has 13 heteroatoms. The molecule has 772 valence electrons. The van der Waals surface area contributed by atoms with Crippen LogP contribution >= 0.6 is 12.2 Å². The summed E-state index contributed by atoms with van der Waals surface area (Å²) in [5.74, 6) is 1.66. The van der Waals surface area contributed by atoms with Gasteiger partial charge < -0.3 is 24.8 Å². The van der Waals surface area contributed by atoms with E-state index in [2.05, 4.69) is 312 Å². The van der Waals surface area contributed by atoms with Crippen molar-refractivity contribution in [1.29, 1.82) is 5.41 Å². The number of carbonyl (C=O) groups is 4. The van der Waals surface area contributed by atoms with Gasteiger partial charge in [0, 0.05) is 78.6 Å². The average Bonchev–Trinajstić information content (AvgIpc) is 0.876. The number of ketones is 2. The topological polar surface area (TPSA) is 145 Å². The standard InChI is InChI=1S/C13H28N2O.C13H27NO.C13H27N.C13H26O2.C13H26O.C13H26S.C13H28.C12H26O2S.9CH4/c1-12(2,3)9-14(7)11(16)15(8)10-13(4,5)6;1-12(2,3)9-8-11(15)14(7)10-13(4,5)6;1-12(2,3)9-7-11(14)8-10-13(4,5)6;1-12(2,3)9-7-11(14)8-10-15-13(4,5)6;2*1-12(2,3)9-7-11(14)8-10-13(4,5)6;1-12(2,3)10-8-7-9-11-13(4,5)6;1-11(2,3)7-9-15(13,14)10-8-12(4,5)6;;;;;;;;;/h9-10H2,1-8H3;8-10H2,1-7H3;14H,7-10H2,1-6H3;7-10H2,1-6H3;2*7-10H2,1-6H3;7-11H2,1-6H3;7-10H2,1-6H3;9*1H4. The van der Waals surface area contributed by atoms with Gasteiger partial charge in [0.05, 0.1) is 23.7 Å². The monoisotopic (exact) mass is 1830 g/mol. The highest BCUT2D eigenvalue weighted by atomic mass is 32.2. The van der Waals surface area contributed by atoms with E-state index in [1.807, 2.05) is 46.8 Å². The van der Waals surface area contributed by atoms with E-state index in [0.717, 1.165) is 115 Å². The quantitative estimate of drug-likeness (QED) is 0.0425. The molecule has 0 atom stereocenters. The molecule has 0 aromatic carbocycles. The van der Waals surface area contributed by atoms with E-state index in [0.29, 0.717) is 81.4 Å². The Morgan fingerprint density at radius 3 is 0.680 bits per heavy atom. The van der Waals surface area contributed by atoms with Crippen LogP contribution in [0.3, 0.4) is 0 Å². The number of unbranched alkanes of at least 4 members (excludes halogenated alkanes) is 2. The molecule has 0 saturated carbocycles. The predicted molar refractivity (Wildman–Crippen MR) is 586 cm³/mol. The van der Waals surface area contributed by atoms with Gasteiger partial charge in [0.1, 0.15) is 21.4 Å². The van der Waals surface area contributed by atoms with Crippen LogP contribution in [0.1, 0.15) is 553 Å². The van der Waals surface area contributed by atoms with E-state index < -0.39 is 9.84 Å². The SMILES string of the molecule is C.C.C.C.C.C.C.C.C.CC(C)(C)CCC(=N)CCC(C)(C)C.CC(C)(C)CCC(=O)CCC(C)(C)C.CC(C)(C)CCC(=O)CCOC(C)(C)C.CC(C)(C)CCC(=S)CCC(C)(C)C.CC(C)(C)CCCCCC(C)(C)C.CC(C)(C)CCS(=O)(=O)CCC(C)(C)C.CN(CC(C)(C)C)C(=O)CCC(C)(C)C.CN(CC(C)(C)C)C(=O)N(C)CC(C)(C)C. The summed E-state index contributed by atoms with van der Waals surface area (Å²) in [4.78, 5) is 53.6. The Balaban J connectivity index is -0.0000000704. The van der Waals surface area contributed by atoms with E-state index in [9.17, 15) is 27.6 Å². The van der Waals surface area contributed by atoms with Crippen LogP contribution in [-0.4, -0.2) is 122 Å². The molecule has 0 saturated heterocycles. The zero-order valence-corrected chi connectivity index (χ0v) is 90.4. The molecule has 0 aliphatic carbocycles. The first kappa shape index (κ1) is 163. The van der Waals surface area contributed by atoms with Crippen molar-refractivity contribution in [2.24, 2.45) is 81.2 Å². The number of amides is 3. The number of carbonyl (C=O) groups excluding carboxylic acids is 4. The molecule has 0 heterocycles. The number of rotatable bonds is 30. The summed E-state index contributed by atoms with van der Waals surface area (Å²) in [5, 5.41) is 7.85. The van der Waals surface area contributed by atoms with Crippen LogP contribution in [0.25, 0.3) is 0 Å². The third kappa shape index (κ3) is 162. The van der Waals surface area contributed by atoms with E-state index in [-0.39, 0.29) is 133 Å². The Labute approximate surface area is 802 Å². The summed E-state index contributed by atoms with van der Waals surface area (Å²) in [7, 11) is 2.79. The molecule has 0 aromatic heterocycles. The van der Waals surface area contributed by atoms with E-state index in [1.165, 1.54) is 49.8 Å². The van der Waals surface area contributed by atoms with Crippen molar-refractivity contribution in [3.63, 3.8) is 0 Å². The van der Waals surface area contributed by atoms with Gasteiger partial charge in [0.2, 0.25) is 5.91 Å². The molecule has 0 bridgehead atoms. The maximum Gasteiger partial charge on any atom is 0.319 e. The predicted octanol–water partition coefficient (Wildman–Crippen LogP) is 37.9. The molecule has 0 unspecified atom stereocenters. The zero-order chi connectivity index (χ0) is 94.6. The second-order valence-electron chi connectivity index (χ2n) is 53.8. The fourth-order valence-electron chi connectivity index (χ4n) is 10.4. The van der Waals surface area contributed by atoms with Gasteiger partial charge in [0.15, 0.2) is 0 Å². The summed E-state index contributed by atoms with van der Waals surface area (Å²) in [5.41, 5.74) is 5.20. The number of thiocarbonyl (C=S) groups is 1. The highest BCUT2D eigenvalue weighted by Gasteiger charge is 2.27. The van der Waals surface area contributed by atoms with Crippen LogP contribution in [-0.2, 0) is 29.0 Å². The third-order valence-corrected chi connectivity index (χ3v) is 20.1. The molecule has 0 aliphatic rings. The van der Waals surface area contributed by atoms with Crippen molar-refractivity contribution in [3.8, 4) is 0 Å². The van der Waals surface area contributed by atoms with Gasteiger partial charge in [-0.1, -0.05) is 410 Å². The Kier molecular flexibility index (Phi) is 92.9.